The van der Waals surface area contributed by atoms with Gasteiger partial charge in [0.05, 0.1) is 9.26 Å². The number of hydrogen-bond donors (Lipinski definition) is 0. The first-order chi connectivity index (χ1) is 8.37. The van der Waals surface area contributed by atoms with Crippen LogP contribution >= 0.6 is 34.2 Å². The second kappa shape index (κ2) is 5.46. The summed E-state index contributed by atoms with van der Waals surface area (Å²) in [5.41, 5.74) is 0.821. The van der Waals surface area contributed by atoms with Crippen molar-refractivity contribution in [2.24, 2.45) is 0 Å². The van der Waals surface area contributed by atoms with Crippen LogP contribution in [0.25, 0.3) is 0 Å². The Kier molecular flexibility index (Phi) is 4.32. The summed E-state index contributed by atoms with van der Waals surface area (Å²) in [7, 11) is 0. The highest BCUT2D eigenvalue weighted by Crippen LogP contribution is 2.42. The van der Waals surface area contributed by atoms with Gasteiger partial charge in [-0.2, -0.15) is 13.2 Å². The second-order valence-corrected chi connectivity index (χ2v) is 5.45. The summed E-state index contributed by atoms with van der Waals surface area (Å²) in [4.78, 5) is 8.14. The van der Waals surface area contributed by atoms with Crippen LogP contribution in [0.2, 0.25) is 5.15 Å². The minimum Gasteiger partial charge on any atom is -0.364 e. The summed E-state index contributed by atoms with van der Waals surface area (Å²) < 4.78 is 41.1. The van der Waals surface area contributed by atoms with Gasteiger partial charge < -0.3 is 4.74 Å². The zero-order valence-corrected chi connectivity index (χ0v) is 12.0. The van der Waals surface area contributed by atoms with Crippen molar-refractivity contribution < 1.29 is 17.9 Å². The van der Waals surface area contributed by atoms with E-state index in [2.05, 4.69) is 14.7 Å². The molecule has 0 unspecified atom stereocenters. The van der Waals surface area contributed by atoms with Crippen molar-refractivity contribution in [3.8, 4) is 0 Å². The minimum atomic E-state index is -4.34. The molecule has 0 N–H and O–H groups in total. The van der Waals surface area contributed by atoms with E-state index in [4.69, 9.17) is 11.6 Å². The lowest BCUT2D eigenvalue weighted by Gasteiger charge is -2.09. The Bertz CT molecular complexity index is 451. The van der Waals surface area contributed by atoms with Crippen LogP contribution in [0.5, 0.6) is 0 Å². The molecule has 0 aromatic carbocycles. The molecule has 3 nitrogen and oxygen atoms in total. The zero-order valence-electron chi connectivity index (χ0n) is 9.10. The van der Waals surface area contributed by atoms with Crippen LogP contribution in [0.1, 0.15) is 30.3 Å². The molecule has 0 spiro atoms. The average Bonchev–Trinajstić information content (AvgIpc) is 3.04. The maximum atomic E-state index is 11.9. The molecule has 0 bridgehead atoms. The van der Waals surface area contributed by atoms with Gasteiger partial charge in [-0.3, -0.25) is 0 Å². The molecule has 1 aromatic heterocycles. The standard InChI is InChI=1S/C10H9ClF3IN2O/c11-9-7(15)8(5-1-2-5)16-6(17-9)3-18-4-10(12,13)14/h5H,1-4H2. The van der Waals surface area contributed by atoms with Crippen molar-refractivity contribution in [3.05, 3.63) is 20.2 Å². The van der Waals surface area contributed by atoms with Gasteiger partial charge in [-0.25, -0.2) is 9.97 Å². The molecule has 1 aromatic rings. The summed E-state index contributed by atoms with van der Waals surface area (Å²) in [5, 5.41) is 0.276. The van der Waals surface area contributed by atoms with Crippen LogP contribution in [-0.4, -0.2) is 22.8 Å². The number of ether oxygens (including phenoxy) is 1. The molecule has 0 aliphatic heterocycles. The number of alkyl halides is 3. The third kappa shape index (κ3) is 3.92. The summed E-state index contributed by atoms with van der Waals surface area (Å²) in [5.74, 6) is 0.560. The van der Waals surface area contributed by atoms with E-state index in [-0.39, 0.29) is 17.6 Å². The fourth-order valence-electron chi connectivity index (χ4n) is 1.43. The maximum absolute atomic E-state index is 11.9. The van der Waals surface area contributed by atoms with Crippen molar-refractivity contribution in [2.75, 3.05) is 6.61 Å². The van der Waals surface area contributed by atoms with E-state index >= 15 is 0 Å². The van der Waals surface area contributed by atoms with Crippen molar-refractivity contribution in [3.63, 3.8) is 0 Å². The SMILES string of the molecule is FC(F)(F)COCc1nc(Cl)c(I)c(C2CC2)n1. The summed E-state index contributed by atoms with van der Waals surface area (Å²) in [6, 6.07) is 0. The first-order valence-corrected chi connectivity index (χ1v) is 6.69. The monoisotopic (exact) mass is 392 g/mol. The number of halogens is 5. The van der Waals surface area contributed by atoms with Crippen LogP contribution in [0.15, 0.2) is 0 Å². The van der Waals surface area contributed by atoms with Crippen LogP contribution in [0.4, 0.5) is 13.2 Å². The first-order valence-electron chi connectivity index (χ1n) is 5.23. The molecule has 1 aliphatic rings. The van der Waals surface area contributed by atoms with E-state index in [0.29, 0.717) is 5.92 Å². The van der Waals surface area contributed by atoms with E-state index in [9.17, 15) is 13.2 Å². The lowest BCUT2D eigenvalue weighted by Crippen LogP contribution is -2.17. The van der Waals surface area contributed by atoms with E-state index in [1.807, 2.05) is 22.6 Å². The van der Waals surface area contributed by atoms with Gasteiger partial charge in [-0.05, 0) is 35.4 Å². The van der Waals surface area contributed by atoms with E-state index in [1.54, 1.807) is 0 Å². The van der Waals surface area contributed by atoms with Gasteiger partial charge in [0, 0.05) is 5.92 Å². The molecule has 1 saturated carbocycles. The molecule has 1 heterocycles. The Balaban J connectivity index is 2.04. The Morgan fingerprint density at radius 1 is 1.33 bits per heavy atom. The van der Waals surface area contributed by atoms with Crippen LogP contribution < -0.4 is 0 Å². The molecular formula is C10H9ClF3IN2O. The van der Waals surface area contributed by atoms with Crippen molar-refractivity contribution in [1.82, 2.24) is 9.97 Å². The Morgan fingerprint density at radius 2 is 2.00 bits per heavy atom. The molecular weight excluding hydrogens is 383 g/mol. The Morgan fingerprint density at radius 3 is 2.56 bits per heavy atom. The van der Waals surface area contributed by atoms with Gasteiger partial charge in [0.15, 0.2) is 5.82 Å². The number of nitrogens with zero attached hydrogens (tertiary/aromatic N) is 2. The molecule has 100 valence electrons. The molecule has 1 aliphatic carbocycles. The Labute approximate surface area is 120 Å². The highest BCUT2D eigenvalue weighted by atomic mass is 127. The predicted molar refractivity (Wildman–Crippen MR) is 67.4 cm³/mol. The molecule has 2 rings (SSSR count). The van der Waals surface area contributed by atoms with Gasteiger partial charge in [0.25, 0.3) is 0 Å². The number of rotatable bonds is 4. The van der Waals surface area contributed by atoms with Gasteiger partial charge in [0.1, 0.15) is 18.4 Å². The quantitative estimate of drug-likeness (QED) is 0.579. The molecule has 0 amide bonds. The highest BCUT2D eigenvalue weighted by Gasteiger charge is 2.30. The molecule has 0 radical (unpaired) electrons. The van der Waals surface area contributed by atoms with Crippen molar-refractivity contribution in [2.45, 2.75) is 31.5 Å². The topological polar surface area (TPSA) is 35.0 Å². The molecule has 18 heavy (non-hydrogen) atoms. The fraction of sp³-hybridized carbons (Fsp3) is 0.600. The van der Waals surface area contributed by atoms with E-state index < -0.39 is 12.8 Å². The summed E-state index contributed by atoms with van der Waals surface area (Å²) in [6.07, 6.45) is -2.27. The second-order valence-electron chi connectivity index (χ2n) is 4.01. The molecule has 1 fully saturated rings. The Hall–Kier alpha value is -0.150. The van der Waals surface area contributed by atoms with E-state index in [0.717, 1.165) is 22.1 Å². The highest BCUT2D eigenvalue weighted by molar-refractivity contribution is 14.1. The lowest BCUT2D eigenvalue weighted by atomic mass is 10.3. The molecule has 0 saturated heterocycles. The van der Waals surface area contributed by atoms with Crippen LogP contribution in [0, 0.1) is 3.57 Å². The molecule has 0 atom stereocenters. The predicted octanol–water partition coefficient (Wildman–Crippen LogP) is 3.69. The maximum Gasteiger partial charge on any atom is 0.411 e. The fourth-order valence-corrected chi connectivity index (χ4v) is 2.31. The van der Waals surface area contributed by atoms with Crippen LogP contribution in [-0.2, 0) is 11.3 Å². The van der Waals surface area contributed by atoms with Crippen molar-refractivity contribution >= 4 is 34.2 Å². The minimum absolute atomic E-state index is 0.201. The summed E-state index contributed by atoms with van der Waals surface area (Å²) >= 11 is 7.97. The third-order valence-corrected chi connectivity index (χ3v) is 4.00. The smallest absolute Gasteiger partial charge is 0.364 e. The average molecular weight is 393 g/mol. The largest absolute Gasteiger partial charge is 0.411 e. The van der Waals surface area contributed by atoms with Gasteiger partial charge in [-0.15, -0.1) is 0 Å². The van der Waals surface area contributed by atoms with E-state index in [1.165, 1.54) is 0 Å². The lowest BCUT2D eigenvalue weighted by molar-refractivity contribution is -0.177. The number of hydrogen-bond acceptors (Lipinski definition) is 3. The van der Waals surface area contributed by atoms with Gasteiger partial charge in [-0.1, -0.05) is 11.6 Å². The zero-order chi connectivity index (χ0) is 13.3. The number of aromatic nitrogens is 2. The summed E-state index contributed by atoms with van der Waals surface area (Å²) in [6.45, 7) is -1.59. The van der Waals surface area contributed by atoms with Gasteiger partial charge >= 0.3 is 6.18 Å². The third-order valence-electron chi connectivity index (χ3n) is 2.34. The first kappa shape index (κ1) is 14.3. The molecule has 8 heteroatoms. The normalized spacial score (nSPS) is 16.1. The van der Waals surface area contributed by atoms with Crippen LogP contribution in [0.3, 0.4) is 0 Å². The van der Waals surface area contributed by atoms with Gasteiger partial charge in [0.2, 0.25) is 0 Å². The van der Waals surface area contributed by atoms with Crippen molar-refractivity contribution in [1.29, 1.82) is 0 Å².